The number of aromatic amines is 1. The smallest absolute Gasteiger partial charge is 0.261 e. The molecule has 19 heavy (non-hydrogen) atoms. The molecule has 0 atom stereocenters. The number of hydrogen-bond acceptors (Lipinski definition) is 2. The Morgan fingerprint density at radius 2 is 2.05 bits per heavy atom. The summed E-state index contributed by atoms with van der Waals surface area (Å²) in [6.07, 6.45) is 3.51. The number of amides is 1. The Balaban J connectivity index is 2.02. The van der Waals surface area contributed by atoms with Gasteiger partial charge >= 0.3 is 0 Å². The molecule has 3 aromatic rings. The lowest BCUT2D eigenvalue weighted by Crippen LogP contribution is -2.27. The van der Waals surface area contributed by atoms with Gasteiger partial charge in [-0.25, -0.2) is 4.98 Å². The van der Waals surface area contributed by atoms with E-state index in [0.717, 1.165) is 10.9 Å². The van der Waals surface area contributed by atoms with Gasteiger partial charge in [0, 0.05) is 24.8 Å². The average Bonchev–Trinajstić information content (AvgIpc) is 2.95. The van der Waals surface area contributed by atoms with Crippen molar-refractivity contribution < 1.29 is 4.79 Å². The number of pyridine rings is 1. The normalized spacial score (nSPS) is 10.6. The number of hydrogen-bond donors (Lipinski definition) is 1. The zero-order valence-corrected chi connectivity index (χ0v) is 10.5. The maximum absolute atomic E-state index is 12.5. The predicted octanol–water partition coefficient (Wildman–Crippen LogP) is 2.84. The summed E-state index contributed by atoms with van der Waals surface area (Å²) in [5.74, 6) is 0.558. The van der Waals surface area contributed by atoms with Gasteiger partial charge in [-0.15, -0.1) is 0 Å². The molecule has 94 valence electrons. The quantitative estimate of drug-likeness (QED) is 0.761. The molecule has 0 unspecified atom stereocenters. The Kier molecular flexibility index (Phi) is 2.76. The lowest BCUT2D eigenvalue weighted by Gasteiger charge is -2.16. The Morgan fingerprint density at radius 3 is 2.84 bits per heavy atom. The zero-order valence-electron chi connectivity index (χ0n) is 10.5. The van der Waals surface area contributed by atoms with E-state index < -0.39 is 0 Å². The van der Waals surface area contributed by atoms with E-state index in [9.17, 15) is 4.79 Å². The largest absolute Gasteiger partial charge is 0.361 e. The van der Waals surface area contributed by atoms with Gasteiger partial charge < -0.3 is 4.98 Å². The third kappa shape index (κ3) is 1.97. The molecule has 0 saturated heterocycles. The number of para-hydroxylation sites is 1. The molecule has 0 radical (unpaired) electrons. The van der Waals surface area contributed by atoms with Crippen LogP contribution >= 0.6 is 0 Å². The van der Waals surface area contributed by atoms with Crippen LogP contribution in [0.15, 0.2) is 54.9 Å². The van der Waals surface area contributed by atoms with Crippen LogP contribution in [0.4, 0.5) is 5.82 Å². The second-order valence-corrected chi connectivity index (χ2v) is 4.30. The number of aromatic nitrogens is 2. The van der Waals surface area contributed by atoms with E-state index in [1.807, 2.05) is 48.7 Å². The first kappa shape index (κ1) is 11.5. The van der Waals surface area contributed by atoms with Crippen molar-refractivity contribution in [2.45, 2.75) is 0 Å². The van der Waals surface area contributed by atoms with Crippen LogP contribution in [-0.2, 0) is 0 Å². The number of anilines is 1. The van der Waals surface area contributed by atoms with E-state index in [2.05, 4.69) is 9.97 Å². The highest BCUT2D eigenvalue weighted by Gasteiger charge is 2.17. The predicted molar refractivity (Wildman–Crippen MR) is 75.3 cm³/mol. The minimum atomic E-state index is -0.0771. The molecule has 3 rings (SSSR count). The first-order valence-electron chi connectivity index (χ1n) is 6.02. The molecule has 0 fully saturated rings. The van der Waals surface area contributed by atoms with E-state index >= 15 is 0 Å². The number of H-pyrrole nitrogens is 1. The fourth-order valence-electron chi connectivity index (χ4n) is 2.10. The van der Waals surface area contributed by atoms with Crippen LogP contribution in [0.3, 0.4) is 0 Å². The molecule has 0 saturated carbocycles. The van der Waals surface area contributed by atoms with Gasteiger partial charge in [-0.05, 0) is 24.3 Å². The van der Waals surface area contributed by atoms with Crippen LogP contribution in [0.1, 0.15) is 10.4 Å². The van der Waals surface area contributed by atoms with Gasteiger partial charge in [0.15, 0.2) is 0 Å². The fourth-order valence-corrected chi connectivity index (χ4v) is 2.10. The van der Waals surface area contributed by atoms with Crippen molar-refractivity contribution in [2.75, 3.05) is 11.9 Å². The number of carbonyl (C=O) groups excluding carboxylic acids is 1. The molecular formula is C15H13N3O. The number of fused-ring (bicyclic) bond motifs is 1. The maximum atomic E-state index is 12.5. The highest BCUT2D eigenvalue weighted by molar-refractivity contribution is 6.12. The van der Waals surface area contributed by atoms with Crippen molar-refractivity contribution in [3.05, 3.63) is 60.4 Å². The van der Waals surface area contributed by atoms with E-state index in [1.54, 1.807) is 18.1 Å². The second-order valence-electron chi connectivity index (χ2n) is 4.30. The van der Waals surface area contributed by atoms with Crippen molar-refractivity contribution in [3.63, 3.8) is 0 Å². The van der Waals surface area contributed by atoms with Crippen LogP contribution in [0.5, 0.6) is 0 Å². The van der Waals surface area contributed by atoms with Crippen molar-refractivity contribution >= 4 is 22.6 Å². The van der Waals surface area contributed by atoms with Crippen LogP contribution in [0, 0.1) is 0 Å². The lowest BCUT2D eigenvalue weighted by atomic mass is 10.1. The van der Waals surface area contributed by atoms with Crippen LogP contribution in [-0.4, -0.2) is 22.9 Å². The van der Waals surface area contributed by atoms with Gasteiger partial charge in [-0.2, -0.15) is 0 Å². The van der Waals surface area contributed by atoms with Crippen LogP contribution in [0.25, 0.3) is 10.9 Å². The van der Waals surface area contributed by atoms with Crippen LogP contribution in [0.2, 0.25) is 0 Å². The summed E-state index contributed by atoms with van der Waals surface area (Å²) in [6.45, 7) is 0. The Bertz CT molecular complexity index is 718. The van der Waals surface area contributed by atoms with E-state index in [4.69, 9.17) is 0 Å². The van der Waals surface area contributed by atoms with Gasteiger partial charge in [-0.1, -0.05) is 18.2 Å². The van der Waals surface area contributed by atoms with Crippen molar-refractivity contribution in [2.24, 2.45) is 0 Å². The van der Waals surface area contributed by atoms with Gasteiger partial charge in [-0.3, -0.25) is 9.69 Å². The Labute approximate surface area is 110 Å². The molecule has 4 nitrogen and oxygen atoms in total. The zero-order chi connectivity index (χ0) is 13.2. The molecule has 1 aromatic carbocycles. The van der Waals surface area contributed by atoms with Gasteiger partial charge in [0.1, 0.15) is 5.82 Å². The molecule has 4 heteroatoms. The summed E-state index contributed by atoms with van der Waals surface area (Å²) in [5, 5.41) is 1.03. The highest BCUT2D eigenvalue weighted by atomic mass is 16.2. The summed E-state index contributed by atoms with van der Waals surface area (Å²) in [7, 11) is 1.73. The summed E-state index contributed by atoms with van der Waals surface area (Å²) in [4.78, 5) is 21.4. The molecule has 0 spiro atoms. The average molecular weight is 251 g/mol. The van der Waals surface area contributed by atoms with Gasteiger partial charge in [0.05, 0.1) is 11.1 Å². The fraction of sp³-hybridized carbons (Fsp3) is 0.0667. The molecule has 0 aliphatic carbocycles. The lowest BCUT2D eigenvalue weighted by molar-refractivity contribution is 0.0993. The van der Waals surface area contributed by atoms with Gasteiger partial charge in [0.2, 0.25) is 0 Å². The molecule has 0 aliphatic rings. The summed E-state index contributed by atoms with van der Waals surface area (Å²) in [5.41, 5.74) is 1.51. The molecule has 1 amide bonds. The second kappa shape index (κ2) is 4.57. The van der Waals surface area contributed by atoms with Crippen molar-refractivity contribution in [1.29, 1.82) is 0 Å². The molecule has 0 aliphatic heterocycles. The van der Waals surface area contributed by atoms with E-state index in [1.165, 1.54) is 0 Å². The summed E-state index contributed by atoms with van der Waals surface area (Å²) in [6, 6.07) is 13.1. The molecule has 2 aromatic heterocycles. The first-order chi connectivity index (χ1) is 9.27. The molecule has 0 bridgehead atoms. The molecule has 2 heterocycles. The SMILES string of the molecule is CN(C(=O)c1cccc2cc[nH]c12)c1ccccn1. The van der Waals surface area contributed by atoms with E-state index in [-0.39, 0.29) is 5.91 Å². The third-order valence-corrected chi connectivity index (χ3v) is 3.12. The number of rotatable bonds is 2. The molecule has 1 N–H and O–H groups in total. The monoisotopic (exact) mass is 251 g/mol. The van der Waals surface area contributed by atoms with Crippen molar-refractivity contribution in [1.82, 2.24) is 9.97 Å². The third-order valence-electron chi connectivity index (χ3n) is 3.12. The molecular weight excluding hydrogens is 238 g/mol. The highest BCUT2D eigenvalue weighted by Crippen LogP contribution is 2.20. The maximum Gasteiger partial charge on any atom is 0.261 e. The minimum Gasteiger partial charge on any atom is -0.361 e. The number of nitrogens with one attached hydrogen (secondary N) is 1. The number of carbonyl (C=O) groups is 1. The minimum absolute atomic E-state index is 0.0771. The summed E-state index contributed by atoms with van der Waals surface area (Å²) >= 11 is 0. The topological polar surface area (TPSA) is 49.0 Å². The Morgan fingerprint density at radius 1 is 1.16 bits per heavy atom. The summed E-state index contributed by atoms with van der Waals surface area (Å²) < 4.78 is 0. The standard InChI is InChI=1S/C15H13N3O/c1-18(13-7-2-3-9-16-13)15(19)12-6-4-5-11-8-10-17-14(11)12/h2-10,17H,1H3. The van der Waals surface area contributed by atoms with E-state index in [0.29, 0.717) is 11.4 Å². The number of benzene rings is 1. The first-order valence-corrected chi connectivity index (χ1v) is 6.02. The van der Waals surface area contributed by atoms with Gasteiger partial charge in [0.25, 0.3) is 5.91 Å². The Hall–Kier alpha value is -2.62. The van der Waals surface area contributed by atoms with Crippen molar-refractivity contribution in [3.8, 4) is 0 Å². The number of nitrogens with zero attached hydrogens (tertiary/aromatic N) is 2. The van der Waals surface area contributed by atoms with Crippen LogP contribution < -0.4 is 4.90 Å².